The van der Waals surface area contributed by atoms with Crippen molar-refractivity contribution in [3.8, 4) is 0 Å². The van der Waals surface area contributed by atoms with Crippen molar-refractivity contribution in [1.82, 2.24) is 3.11 Å². The van der Waals surface area contributed by atoms with Gasteiger partial charge in [0.15, 0.2) is 0 Å². The molecule has 0 aromatic rings. The van der Waals surface area contributed by atoms with Crippen LogP contribution >= 0.6 is 22.9 Å². The van der Waals surface area contributed by atoms with Gasteiger partial charge < -0.3 is 0 Å². The van der Waals surface area contributed by atoms with Gasteiger partial charge >= 0.3 is 0 Å². The van der Waals surface area contributed by atoms with Crippen molar-refractivity contribution in [3.63, 3.8) is 0 Å². The van der Waals surface area contributed by atoms with Gasteiger partial charge in [-0.05, 0) is 6.42 Å². The third kappa shape index (κ3) is 1.51. The fourth-order valence-electron chi connectivity index (χ4n) is 0.451. The molecule has 0 N–H and O–H groups in total. The second-order valence-electron chi connectivity index (χ2n) is 1.35. The summed E-state index contributed by atoms with van der Waals surface area (Å²) in [5.41, 5.74) is 0. The van der Waals surface area contributed by atoms with E-state index in [2.05, 4.69) is 35.0 Å². The average molecular weight is 207 g/mol. The van der Waals surface area contributed by atoms with Crippen LogP contribution in [0.4, 0.5) is 0 Å². The molecule has 0 aromatic heterocycles. The Morgan fingerprint density at radius 3 is 2.14 bits per heavy atom. The largest absolute Gasteiger partial charge is 0.298 e. The highest BCUT2D eigenvalue weighted by atomic mass is 127. The van der Waals surface area contributed by atoms with Crippen LogP contribution in [0.5, 0.6) is 0 Å². The lowest BCUT2D eigenvalue weighted by atomic mass is 10.4. The van der Waals surface area contributed by atoms with E-state index in [1.54, 1.807) is 0 Å². The molecule has 0 fully saturated rings. The van der Waals surface area contributed by atoms with Gasteiger partial charge in [0.1, 0.15) is 0 Å². The number of hydrogen-bond acceptors (Lipinski definition) is 1. The Morgan fingerprint density at radius 1 is 1.29 bits per heavy atom. The lowest BCUT2D eigenvalue weighted by Gasteiger charge is -2.05. The highest BCUT2D eigenvalue weighted by Crippen LogP contribution is 2.06. The number of rotatable bonds is 0. The minimum absolute atomic E-state index is 1.08. The average Bonchev–Trinajstić information content (AvgIpc) is 1.69. The molecule has 0 unspecified atom stereocenters. The van der Waals surface area contributed by atoms with Crippen LogP contribution in [0, 0.1) is 0 Å². The van der Waals surface area contributed by atoms with Crippen LogP contribution in [-0.2, 0) is 0 Å². The summed E-state index contributed by atoms with van der Waals surface area (Å²) in [6.45, 7) is 0. The summed E-state index contributed by atoms with van der Waals surface area (Å²) < 4.78 is 2.00. The van der Waals surface area contributed by atoms with Crippen molar-refractivity contribution in [3.05, 3.63) is 24.6 Å². The standard InChI is InChI=1S/C5H6IN/c6-7-4-2-1-3-5-7/h2-5H,1H2. The molecule has 0 radical (unpaired) electrons. The van der Waals surface area contributed by atoms with Gasteiger partial charge in [-0.2, -0.15) is 0 Å². The molecule has 1 aliphatic heterocycles. The summed E-state index contributed by atoms with van der Waals surface area (Å²) in [6, 6.07) is 0. The van der Waals surface area contributed by atoms with E-state index >= 15 is 0 Å². The Hall–Kier alpha value is 0.0100. The lowest BCUT2D eigenvalue weighted by Crippen LogP contribution is -1.91. The molecule has 7 heavy (non-hydrogen) atoms. The number of hydrogen-bond donors (Lipinski definition) is 0. The van der Waals surface area contributed by atoms with Crippen molar-refractivity contribution >= 4 is 22.9 Å². The Morgan fingerprint density at radius 2 is 1.86 bits per heavy atom. The number of halogens is 1. The molecule has 1 aliphatic rings. The van der Waals surface area contributed by atoms with E-state index in [9.17, 15) is 0 Å². The van der Waals surface area contributed by atoms with Crippen LogP contribution < -0.4 is 0 Å². The fraction of sp³-hybridized carbons (Fsp3) is 0.200. The summed E-state index contributed by atoms with van der Waals surface area (Å²) in [4.78, 5) is 0. The molecular formula is C5H6IN. The van der Waals surface area contributed by atoms with Gasteiger partial charge in [0.2, 0.25) is 0 Å². The fourth-order valence-corrected chi connectivity index (χ4v) is 0.906. The van der Waals surface area contributed by atoms with Crippen LogP contribution in [0.2, 0.25) is 0 Å². The topological polar surface area (TPSA) is 3.24 Å². The van der Waals surface area contributed by atoms with Gasteiger partial charge in [-0.1, -0.05) is 12.2 Å². The number of allylic oxidation sites excluding steroid dienone is 2. The first kappa shape index (κ1) is 5.15. The maximum atomic E-state index is 2.22. The van der Waals surface area contributed by atoms with Crippen molar-refractivity contribution in [2.45, 2.75) is 6.42 Å². The summed E-state index contributed by atoms with van der Waals surface area (Å²) in [5, 5.41) is 0. The first-order valence-corrected chi connectivity index (χ1v) is 3.13. The maximum Gasteiger partial charge on any atom is 0.0634 e. The van der Waals surface area contributed by atoms with Crippen LogP contribution in [-0.4, -0.2) is 3.11 Å². The first-order valence-electron chi connectivity index (χ1n) is 2.17. The molecule has 0 saturated carbocycles. The van der Waals surface area contributed by atoms with Gasteiger partial charge in [-0.3, -0.25) is 3.11 Å². The molecule has 0 aliphatic carbocycles. The highest BCUT2D eigenvalue weighted by molar-refractivity contribution is 14.1. The summed E-state index contributed by atoms with van der Waals surface area (Å²) >= 11 is 2.22. The molecule has 2 heteroatoms. The third-order valence-corrected chi connectivity index (χ3v) is 1.41. The quantitative estimate of drug-likeness (QED) is 0.434. The predicted octanol–water partition coefficient (Wildman–Crippen LogP) is 2.07. The van der Waals surface area contributed by atoms with E-state index < -0.39 is 0 Å². The van der Waals surface area contributed by atoms with Crippen LogP contribution in [0.3, 0.4) is 0 Å². The molecule has 38 valence electrons. The van der Waals surface area contributed by atoms with E-state index in [1.807, 2.05) is 15.5 Å². The Labute approximate surface area is 57.2 Å². The second kappa shape index (κ2) is 2.35. The van der Waals surface area contributed by atoms with Crippen molar-refractivity contribution in [1.29, 1.82) is 0 Å². The van der Waals surface area contributed by atoms with E-state index in [0.717, 1.165) is 6.42 Å². The zero-order chi connectivity index (χ0) is 5.11. The molecule has 0 saturated heterocycles. The monoisotopic (exact) mass is 207 g/mol. The molecule has 0 spiro atoms. The van der Waals surface area contributed by atoms with Gasteiger partial charge in [-0.25, -0.2) is 0 Å². The van der Waals surface area contributed by atoms with Crippen molar-refractivity contribution in [2.75, 3.05) is 0 Å². The van der Waals surface area contributed by atoms with Gasteiger partial charge in [-0.15, -0.1) is 0 Å². The molecule has 1 rings (SSSR count). The summed E-state index contributed by atoms with van der Waals surface area (Å²) in [5.74, 6) is 0. The SMILES string of the molecule is IN1C=CCC=C1. The summed E-state index contributed by atoms with van der Waals surface area (Å²) in [7, 11) is 0. The Kier molecular flexibility index (Phi) is 1.73. The number of nitrogens with zero attached hydrogens (tertiary/aromatic N) is 1. The normalized spacial score (nSPS) is 18.1. The molecule has 0 atom stereocenters. The zero-order valence-electron chi connectivity index (χ0n) is 3.84. The Bertz CT molecular complexity index is 94.6. The predicted molar refractivity (Wildman–Crippen MR) is 38.8 cm³/mol. The lowest BCUT2D eigenvalue weighted by molar-refractivity contribution is 0.883. The van der Waals surface area contributed by atoms with Crippen LogP contribution in [0.1, 0.15) is 6.42 Å². The maximum absolute atomic E-state index is 2.22. The first-order chi connectivity index (χ1) is 3.39. The van der Waals surface area contributed by atoms with Crippen molar-refractivity contribution < 1.29 is 0 Å². The van der Waals surface area contributed by atoms with Crippen LogP contribution in [0.15, 0.2) is 24.6 Å². The Balaban J connectivity index is 2.49. The molecule has 0 amide bonds. The summed E-state index contributed by atoms with van der Waals surface area (Å²) in [6.07, 6.45) is 9.40. The minimum Gasteiger partial charge on any atom is -0.298 e. The van der Waals surface area contributed by atoms with E-state index in [0.29, 0.717) is 0 Å². The minimum atomic E-state index is 1.08. The van der Waals surface area contributed by atoms with Crippen molar-refractivity contribution in [2.24, 2.45) is 0 Å². The molecule has 1 heterocycles. The van der Waals surface area contributed by atoms with E-state index in [4.69, 9.17) is 0 Å². The highest BCUT2D eigenvalue weighted by Gasteiger charge is 1.86. The molecule has 0 aromatic carbocycles. The molecule has 1 nitrogen and oxygen atoms in total. The second-order valence-corrected chi connectivity index (χ2v) is 2.46. The third-order valence-electron chi connectivity index (χ3n) is 0.768. The van der Waals surface area contributed by atoms with E-state index in [-0.39, 0.29) is 0 Å². The zero-order valence-corrected chi connectivity index (χ0v) is 6.00. The van der Waals surface area contributed by atoms with Gasteiger partial charge in [0, 0.05) is 12.4 Å². The molecule has 0 bridgehead atoms. The smallest absolute Gasteiger partial charge is 0.0634 e. The van der Waals surface area contributed by atoms with Gasteiger partial charge in [0.25, 0.3) is 0 Å². The molecular weight excluding hydrogens is 201 g/mol. The van der Waals surface area contributed by atoms with Crippen LogP contribution in [0.25, 0.3) is 0 Å². The van der Waals surface area contributed by atoms with Gasteiger partial charge in [0.05, 0.1) is 22.9 Å². The van der Waals surface area contributed by atoms with E-state index in [1.165, 1.54) is 0 Å².